The second-order valence-corrected chi connectivity index (χ2v) is 2.08. The molecule has 2 aromatic heterocycles. The van der Waals surface area contributed by atoms with Crippen LogP contribution in [0.2, 0.25) is 0 Å². The molecule has 0 spiro atoms. The van der Waals surface area contributed by atoms with Crippen LogP contribution < -0.4 is 0 Å². The van der Waals surface area contributed by atoms with Crippen LogP contribution in [0, 0.1) is 6.20 Å². The number of hydrogen-bond donors (Lipinski definition) is 1. The highest BCUT2D eigenvalue weighted by atomic mass is 15.0. The van der Waals surface area contributed by atoms with Gasteiger partial charge in [0.15, 0.2) is 0 Å². The minimum atomic E-state index is 1.05. The molecule has 49 valence electrons. The van der Waals surface area contributed by atoms with E-state index in [0.717, 1.165) is 5.82 Å². The molecule has 0 fully saturated rings. The van der Waals surface area contributed by atoms with Crippen LogP contribution in [0.4, 0.5) is 0 Å². The fraction of sp³-hybridized carbons (Fsp3) is 0. The molecule has 2 aromatic rings. The molecule has 0 aliphatic heterocycles. The molecule has 2 heteroatoms. The number of aromatic nitrogens is 2. The third kappa shape index (κ3) is 0.739. The summed E-state index contributed by atoms with van der Waals surface area (Å²) in [6.45, 7) is 0. The lowest BCUT2D eigenvalue weighted by molar-refractivity contribution is 1.03. The van der Waals surface area contributed by atoms with Gasteiger partial charge < -0.3 is 9.55 Å². The van der Waals surface area contributed by atoms with E-state index < -0.39 is 0 Å². The van der Waals surface area contributed by atoms with E-state index in [1.807, 2.05) is 41.2 Å². The number of nitrogens with zero attached hydrogens (tertiary/aromatic N) is 1. The predicted molar refractivity (Wildman–Crippen MR) is 39.0 cm³/mol. The van der Waals surface area contributed by atoms with Gasteiger partial charge in [-0.15, -0.1) is 0 Å². The van der Waals surface area contributed by atoms with Crippen molar-refractivity contribution in [3.63, 3.8) is 0 Å². The van der Waals surface area contributed by atoms with Gasteiger partial charge in [-0.3, -0.25) is 0 Å². The maximum atomic E-state index is 2.98. The van der Waals surface area contributed by atoms with Crippen molar-refractivity contribution in [3.8, 4) is 5.82 Å². The summed E-state index contributed by atoms with van der Waals surface area (Å²) in [6, 6.07) is 7.80. The first-order valence-electron chi connectivity index (χ1n) is 3.15. The number of nitrogens with one attached hydrogen (secondary N) is 1. The van der Waals surface area contributed by atoms with Crippen molar-refractivity contribution in [1.82, 2.24) is 9.55 Å². The van der Waals surface area contributed by atoms with Crippen molar-refractivity contribution in [3.05, 3.63) is 42.9 Å². The summed E-state index contributed by atoms with van der Waals surface area (Å²) in [5.74, 6) is 1.05. The Bertz CT molecular complexity index is 247. The quantitative estimate of drug-likeness (QED) is 0.607. The lowest BCUT2D eigenvalue weighted by atomic mass is 10.6. The van der Waals surface area contributed by atoms with E-state index in [9.17, 15) is 0 Å². The Labute approximate surface area is 59.1 Å². The molecule has 0 amide bonds. The Hall–Kier alpha value is -1.44. The fourth-order valence-electron chi connectivity index (χ4n) is 0.924. The first-order chi connectivity index (χ1) is 4.97. The zero-order valence-electron chi connectivity index (χ0n) is 5.41. The summed E-state index contributed by atoms with van der Waals surface area (Å²) in [7, 11) is 0. The minimum absolute atomic E-state index is 1.05. The first-order valence-corrected chi connectivity index (χ1v) is 3.15. The Kier molecular flexibility index (Phi) is 1.10. The van der Waals surface area contributed by atoms with Crippen molar-refractivity contribution in [1.29, 1.82) is 0 Å². The van der Waals surface area contributed by atoms with Gasteiger partial charge >= 0.3 is 0 Å². The van der Waals surface area contributed by atoms with Gasteiger partial charge in [0.05, 0.1) is 6.20 Å². The van der Waals surface area contributed by atoms with Crippen molar-refractivity contribution in [2.45, 2.75) is 0 Å². The van der Waals surface area contributed by atoms with Crippen molar-refractivity contribution >= 4 is 0 Å². The van der Waals surface area contributed by atoms with Crippen molar-refractivity contribution in [2.75, 3.05) is 0 Å². The second-order valence-electron chi connectivity index (χ2n) is 2.08. The van der Waals surface area contributed by atoms with E-state index in [0.29, 0.717) is 0 Å². The van der Waals surface area contributed by atoms with Crippen LogP contribution in [-0.2, 0) is 0 Å². The van der Waals surface area contributed by atoms with Gasteiger partial charge in [0, 0.05) is 12.4 Å². The Balaban J connectivity index is 2.48. The number of H-pyrrole nitrogens is 1. The standard InChI is InChI=1S/C8H7N2/c1-2-7-10(6-1)8-4-3-5-9-8/h1-4,6-7,9H. The van der Waals surface area contributed by atoms with Gasteiger partial charge in [0.2, 0.25) is 0 Å². The molecule has 2 heterocycles. The molecule has 2 nitrogen and oxygen atoms in total. The summed E-state index contributed by atoms with van der Waals surface area (Å²) in [5, 5.41) is 0. The number of hydrogen-bond acceptors (Lipinski definition) is 0. The van der Waals surface area contributed by atoms with Gasteiger partial charge in [0.25, 0.3) is 0 Å². The highest BCUT2D eigenvalue weighted by Crippen LogP contribution is 2.02. The fourth-order valence-corrected chi connectivity index (χ4v) is 0.924. The Morgan fingerprint density at radius 2 is 2.10 bits per heavy atom. The SMILES string of the molecule is [c]1ccc(-n2cccc2)[nH]1. The highest BCUT2D eigenvalue weighted by Gasteiger charge is 1.90. The van der Waals surface area contributed by atoms with E-state index in [4.69, 9.17) is 0 Å². The van der Waals surface area contributed by atoms with Crippen LogP contribution >= 0.6 is 0 Å². The highest BCUT2D eigenvalue weighted by molar-refractivity contribution is 5.22. The normalized spacial score (nSPS) is 10.0. The molecule has 2 rings (SSSR count). The predicted octanol–water partition coefficient (Wildman–Crippen LogP) is 1.61. The van der Waals surface area contributed by atoms with E-state index in [1.54, 1.807) is 0 Å². The van der Waals surface area contributed by atoms with E-state index in [2.05, 4.69) is 11.2 Å². The average Bonchev–Trinajstić information content (AvgIpc) is 2.59. The molecule has 0 aromatic carbocycles. The third-order valence-corrected chi connectivity index (χ3v) is 1.41. The third-order valence-electron chi connectivity index (χ3n) is 1.41. The summed E-state index contributed by atoms with van der Waals surface area (Å²) in [4.78, 5) is 2.98. The second kappa shape index (κ2) is 2.06. The zero-order chi connectivity index (χ0) is 6.81. The van der Waals surface area contributed by atoms with Crippen LogP contribution in [0.1, 0.15) is 0 Å². The van der Waals surface area contributed by atoms with Gasteiger partial charge in [-0.05, 0) is 24.3 Å². The van der Waals surface area contributed by atoms with E-state index in [1.165, 1.54) is 0 Å². The molecular formula is C8H7N2. The zero-order valence-corrected chi connectivity index (χ0v) is 5.41. The molecular weight excluding hydrogens is 124 g/mol. The topological polar surface area (TPSA) is 20.7 Å². The average molecular weight is 131 g/mol. The lowest BCUT2D eigenvalue weighted by Gasteiger charge is -1.94. The Morgan fingerprint density at radius 3 is 2.70 bits per heavy atom. The van der Waals surface area contributed by atoms with Gasteiger partial charge in [-0.2, -0.15) is 0 Å². The monoisotopic (exact) mass is 131 g/mol. The molecule has 1 radical (unpaired) electrons. The van der Waals surface area contributed by atoms with Crippen LogP contribution in [0.5, 0.6) is 0 Å². The molecule has 0 saturated carbocycles. The van der Waals surface area contributed by atoms with Crippen LogP contribution in [0.15, 0.2) is 36.7 Å². The van der Waals surface area contributed by atoms with Crippen molar-refractivity contribution in [2.24, 2.45) is 0 Å². The summed E-state index contributed by atoms with van der Waals surface area (Å²) in [5.41, 5.74) is 0. The van der Waals surface area contributed by atoms with E-state index >= 15 is 0 Å². The van der Waals surface area contributed by atoms with E-state index in [-0.39, 0.29) is 0 Å². The minimum Gasteiger partial charge on any atom is -0.340 e. The first kappa shape index (κ1) is 5.35. The smallest absolute Gasteiger partial charge is 0.114 e. The number of aromatic amines is 1. The molecule has 10 heavy (non-hydrogen) atoms. The summed E-state index contributed by atoms with van der Waals surface area (Å²) >= 11 is 0. The summed E-state index contributed by atoms with van der Waals surface area (Å²) in [6.07, 6.45) is 6.84. The largest absolute Gasteiger partial charge is 0.340 e. The van der Waals surface area contributed by atoms with Crippen molar-refractivity contribution < 1.29 is 0 Å². The maximum Gasteiger partial charge on any atom is 0.114 e. The Morgan fingerprint density at radius 1 is 1.30 bits per heavy atom. The maximum absolute atomic E-state index is 2.98. The van der Waals surface area contributed by atoms with Crippen LogP contribution in [0.3, 0.4) is 0 Å². The molecule has 0 atom stereocenters. The van der Waals surface area contributed by atoms with Crippen LogP contribution in [0.25, 0.3) is 5.82 Å². The lowest BCUT2D eigenvalue weighted by Crippen LogP contribution is -1.87. The summed E-state index contributed by atoms with van der Waals surface area (Å²) < 4.78 is 2.00. The molecule has 1 N–H and O–H groups in total. The molecule has 0 bridgehead atoms. The molecule has 0 unspecified atom stereocenters. The van der Waals surface area contributed by atoms with Crippen LogP contribution in [-0.4, -0.2) is 9.55 Å². The molecule has 0 aliphatic rings. The van der Waals surface area contributed by atoms with Gasteiger partial charge in [0.1, 0.15) is 5.82 Å². The molecule has 0 saturated heterocycles. The number of rotatable bonds is 1. The molecule has 0 aliphatic carbocycles. The van der Waals surface area contributed by atoms with Gasteiger partial charge in [-0.1, -0.05) is 0 Å². The van der Waals surface area contributed by atoms with Gasteiger partial charge in [-0.25, -0.2) is 0 Å².